The smallest absolute Gasteiger partial charge is 0.227 e. The molecule has 1 aliphatic heterocycles. The Morgan fingerprint density at radius 3 is 2.44 bits per heavy atom. The first-order valence-electron chi connectivity index (χ1n) is 5.90. The van der Waals surface area contributed by atoms with Crippen LogP contribution in [-0.2, 0) is 19.6 Å². The van der Waals surface area contributed by atoms with Gasteiger partial charge in [-0.3, -0.25) is 4.79 Å². The van der Waals surface area contributed by atoms with Crippen molar-refractivity contribution in [3.05, 3.63) is 0 Å². The summed E-state index contributed by atoms with van der Waals surface area (Å²) in [6, 6.07) is 0. The van der Waals surface area contributed by atoms with Gasteiger partial charge in [0.15, 0.2) is 0 Å². The van der Waals surface area contributed by atoms with Gasteiger partial charge in [-0.25, -0.2) is 13.1 Å². The largest absolute Gasteiger partial charge is 0.381 e. The highest BCUT2D eigenvalue weighted by Crippen LogP contribution is 2.29. The molecule has 8 heteroatoms. The number of amides is 1. The summed E-state index contributed by atoms with van der Waals surface area (Å²) >= 11 is 0. The van der Waals surface area contributed by atoms with Gasteiger partial charge in [-0.1, -0.05) is 0 Å². The van der Waals surface area contributed by atoms with E-state index in [0.717, 1.165) is 6.26 Å². The molecule has 0 aromatic rings. The van der Waals surface area contributed by atoms with Crippen molar-refractivity contribution >= 4 is 15.9 Å². The maximum absolute atomic E-state index is 12.1. The molecule has 1 aliphatic rings. The zero-order valence-corrected chi connectivity index (χ0v) is 11.4. The Kier molecular flexibility index (Phi) is 5.51. The molecule has 0 bridgehead atoms. The summed E-state index contributed by atoms with van der Waals surface area (Å²) in [6.07, 6.45) is 2.29. The zero-order valence-electron chi connectivity index (χ0n) is 10.6. The Morgan fingerprint density at radius 2 is 1.94 bits per heavy atom. The number of ether oxygens (including phenoxy) is 1. The molecule has 18 heavy (non-hydrogen) atoms. The van der Waals surface area contributed by atoms with Gasteiger partial charge >= 0.3 is 0 Å². The Balaban J connectivity index is 2.39. The first-order valence-corrected chi connectivity index (χ1v) is 7.79. The number of rotatable bonds is 6. The molecule has 0 unspecified atom stereocenters. The van der Waals surface area contributed by atoms with E-state index in [1.54, 1.807) is 0 Å². The summed E-state index contributed by atoms with van der Waals surface area (Å²) in [6.45, 7) is 1.79. The standard InChI is InChI=1S/C10H21N3O4S/c1-18(15,16)13-5-4-12-9(14)10(8-11)2-6-17-7-3-10/h13H,2-8,11H2,1H3,(H,12,14). The molecule has 0 aliphatic carbocycles. The third kappa shape index (κ3) is 4.52. The summed E-state index contributed by atoms with van der Waals surface area (Å²) in [4.78, 5) is 12.1. The average Bonchev–Trinajstić information content (AvgIpc) is 2.34. The van der Waals surface area contributed by atoms with Crippen LogP contribution in [0.15, 0.2) is 0 Å². The zero-order chi connectivity index (χ0) is 13.6. The molecule has 106 valence electrons. The minimum Gasteiger partial charge on any atom is -0.381 e. The monoisotopic (exact) mass is 279 g/mol. The van der Waals surface area contributed by atoms with Crippen molar-refractivity contribution in [2.75, 3.05) is 39.1 Å². The van der Waals surface area contributed by atoms with Crippen LogP contribution in [0.4, 0.5) is 0 Å². The molecule has 0 aromatic heterocycles. The van der Waals surface area contributed by atoms with Gasteiger partial charge in [0.1, 0.15) is 0 Å². The second-order valence-corrected chi connectivity index (χ2v) is 6.35. The SMILES string of the molecule is CS(=O)(=O)NCCNC(=O)C1(CN)CCOCC1. The van der Waals surface area contributed by atoms with Crippen LogP contribution in [0.5, 0.6) is 0 Å². The number of sulfonamides is 1. The summed E-state index contributed by atoms with van der Waals surface area (Å²) in [5.41, 5.74) is 5.12. The minimum atomic E-state index is -3.21. The molecule has 0 atom stereocenters. The first-order chi connectivity index (χ1) is 8.40. The fraction of sp³-hybridized carbons (Fsp3) is 0.900. The Bertz CT molecular complexity index is 377. The van der Waals surface area contributed by atoms with Gasteiger partial charge in [-0.05, 0) is 12.8 Å². The predicted molar refractivity (Wildman–Crippen MR) is 67.4 cm³/mol. The van der Waals surface area contributed by atoms with Gasteiger partial charge in [0.25, 0.3) is 0 Å². The molecule has 1 amide bonds. The Morgan fingerprint density at radius 1 is 1.33 bits per heavy atom. The van der Waals surface area contributed by atoms with Gasteiger partial charge in [-0.15, -0.1) is 0 Å². The summed E-state index contributed by atoms with van der Waals surface area (Å²) in [5.74, 6) is -0.122. The second kappa shape index (κ2) is 6.46. The molecule has 1 rings (SSSR count). The van der Waals surface area contributed by atoms with Crippen molar-refractivity contribution < 1.29 is 17.9 Å². The Labute approximate surface area is 107 Å². The normalized spacial score (nSPS) is 19.4. The lowest BCUT2D eigenvalue weighted by atomic mass is 9.79. The fourth-order valence-corrected chi connectivity index (χ4v) is 2.36. The third-order valence-corrected chi connectivity index (χ3v) is 3.83. The predicted octanol–water partition coefficient (Wildman–Crippen LogP) is -1.59. The number of hydrogen-bond acceptors (Lipinski definition) is 5. The molecule has 1 heterocycles. The van der Waals surface area contributed by atoms with Gasteiger partial charge in [-0.2, -0.15) is 0 Å². The summed E-state index contributed by atoms with van der Waals surface area (Å²) < 4.78 is 29.2. The minimum absolute atomic E-state index is 0.122. The lowest BCUT2D eigenvalue weighted by molar-refractivity contribution is -0.135. The van der Waals surface area contributed by atoms with E-state index in [1.807, 2.05) is 0 Å². The van der Waals surface area contributed by atoms with Crippen molar-refractivity contribution in [3.8, 4) is 0 Å². The highest BCUT2D eigenvalue weighted by molar-refractivity contribution is 7.88. The number of nitrogens with two attached hydrogens (primary N) is 1. The molecule has 0 radical (unpaired) electrons. The topological polar surface area (TPSA) is 111 Å². The van der Waals surface area contributed by atoms with E-state index in [4.69, 9.17) is 10.5 Å². The quantitative estimate of drug-likeness (QED) is 0.508. The molecular formula is C10H21N3O4S. The van der Waals surface area contributed by atoms with Crippen molar-refractivity contribution in [3.63, 3.8) is 0 Å². The van der Waals surface area contributed by atoms with E-state index in [0.29, 0.717) is 26.1 Å². The van der Waals surface area contributed by atoms with E-state index < -0.39 is 15.4 Å². The van der Waals surface area contributed by atoms with E-state index in [9.17, 15) is 13.2 Å². The van der Waals surface area contributed by atoms with Gasteiger partial charge < -0.3 is 15.8 Å². The van der Waals surface area contributed by atoms with E-state index in [-0.39, 0.29) is 25.5 Å². The molecular weight excluding hydrogens is 258 g/mol. The second-order valence-electron chi connectivity index (χ2n) is 4.52. The third-order valence-electron chi connectivity index (χ3n) is 3.10. The number of carbonyl (C=O) groups is 1. The lowest BCUT2D eigenvalue weighted by Crippen LogP contribution is -2.50. The van der Waals surface area contributed by atoms with E-state index in [1.165, 1.54) is 0 Å². The Hall–Kier alpha value is -0.700. The molecule has 1 saturated heterocycles. The van der Waals surface area contributed by atoms with Crippen LogP contribution < -0.4 is 15.8 Å². The molecule has 7 nitrogen and oxygen atoms in total. The van der Waals surface area contributed by atoms with Crippen LogP contribution in [0.25, 0.3) is 0 Å². The van der Waals surface area contributed by atoms with Gasteiger partial charge in [0.05, 0.1) is 11.7 Å². The summed E-state index contributed by atoms with van der Waals surface area (Å²) in [5, 5.41) is 2.72. The molecule has 4 N–H and O–H groups in total. The van der Waals surface area contributed by atoms with Crippen molar-refractivity contribution in [1.29, 1.82) is 0 Å². The first kappa shape index (κ1) is 15.4. The van der Waals surface area contributed by atoms with Crippen LogP contribution in [0, 0.1) is 5.41 Å². The van der Waals surface area contributed by atoms with Crippen molar-refractivity contribution in [1.82, 2.24) is 10.0 Å². The van der Waals surface area contributed by atoms with E-state index >= 15 is 0 Å². The fourth-order valence-electron chi connectivity index (χ4n) is 1.89. The maximum atomic E-state index is 12.1. The maximum Gasteiger partial charge on any atom is 0.227 e. The molecule has 0 aromatic carbocycles. The van der Waals surface area contributed by atoms with Crippen LogP contribution in [-0.4, -0.2) is 53.4 Å². The number of hydrogen-bond donors (Lipinski definition) is 3. The van der Waals surface area contributed by atoms with Crippen LogP contribution in [0.3, 0.4) is 0 Å². The lowest BCUT2D eigenvalue weighted by Gasteiger charge is -2.34. The molecule has 1 fully saturated rings. The average molecular weight is 279 g/mol. The highest BCUT2D eigenvalue weighted by Gasteiger charge is 2.38. The van der Waals surface area contributed by atoms with Crippen molar-refractivity contribution in [2.45, 2.75) is 12.8 Å². The number of carbonyl (C=O) groups excluding carboxylic acids is 1. The molecule has 0 saturated carbocycles. The van der Waals surface area contributed by atoms with Gasteiger partial charge in [0.2, 0.25) is 15.9 Å². The number of nitrogens with one attached hydrogen (secondary N) is 2. The van der Waals surface area contributed by atoms with Crippen molar-refractivity contribution in [2.24, 2.45) is 11.1 Å². The van der Waals surface area contributed by atoms with E-state index in [2.05, 4.69) is 10.0 Å². The van der Waals surface area contributed by atoms with Crippen LogP contribution >= 0.6 is 0 Å². The highest BCUT2D eigenvalue weighted by atomic mass is 32.2. The summed E-state index contributed by atoms with van der Waals surface area (Å²) in [7, 11) is -3.21. The van der Waals surface area contributed by atoms with Gasteiger partial charge in [0, 0.05) is 32.8 Å². The van der Waals surface area contributed by atoms with Crippen LogP contribution in [0.1, 0.15) is 12.8 Å². The molecule has 0 spiro atoms. The van der Waals surface area contributed by atoms with Crippen LogP contribution in [0.2, 0.25) is 0 Å².